The number of allylic oxidation sites excluding steroid dienone is 4. The van der Waals surface area contributed by atoms with E-state index in [2.05, 4.69) is 43.5 Å². The van der Waals surface area contributed by atoms with Crippen LogP contribution in [0.1, 0.15) is 226 Å². The third kappa shape index (κ3) is 34.3. The number of unbranched alkanes of at least 4 members (excludes halogenated alkanes) is 27. The van der Waals surface area contributed by atoms with Crippen LogP contribution >= 0.6 is 0 Å². The van der Waals surface area contributed by atoms with Crippen molar-refractivity contribution in [1.82, 2.24) is 5.32 Å². The van der Waals surface area contributed by atoms with E-state index in [4.69, 9.17) is 0 Å². The van der Waals surface area contributed by atoms with E-state index >= 15 is 0 Å². The molecule has 1 amide bonds. The van der Waals surface area contributed by atoms with Gasteiger partial charge in [0.05, 0.1) is 18.8 Å². The Morgan fingerprint density at radius 1 is 0.471 bits per heavy atom. The van der Waals surface area contributed by atoms with Crippen molar-refractivity contribution >= 4 is 5.91 Å². The molecule has 4 unspecified atom stereocenters. The fourth-order valence-corrected chi connectivity index (χ4v) is 6.80. The number of aliphatic hydroxyl groups is 4. The van der Waals surface area contributed by atoms with Gasteiger partial charge in [-0.25, -0.2) is 0 Å². The number of hydrogen-bond acceptors (Lipinski definition) is 5. The highest BCUT2D eigenvalue weighted by molar-refractivity contribution is 5.80. The minimum atomic E-state index is -1.28. The Morgan fingerprint density at radius 3 is 1.24 bits per heavy atom. The summed E-state index contributed by atoms with van der Waals surface area (Å²) in [5.74, 6) is -0.605. The molecule has 0 aromatic carbocycles. The third-order valence-electron chi connectivity index (χ3n) is 10.4. The number of rotatable bonds is 40. The molecule has 51 heavy (non-hydrogen) atoms. The Balaban J connectivity index is 3.68. The van der Waals surface area contributed by atoms with Gasteiger partial charge in [-0.05, 0) is 57.8 Å². The van der Waals surface area contributed by atoms with Crippen LogP contribution in [0.4, 0.5) is 0 Å². The molecule has 0 aliphatic carbocycles. The van der Waals surface area contributed by atoms with E-state index in [-0.39, 0.29) is 0 Å². The van der Waals surface area contributed by atoms with Crippen LogP contribution in [0.3, 0.4) is 0 Å². The topological polar surface area (TPSA) is 110 Å². The van der Waals surface area contributed by atoms with E-state index in [1.165, 1.54) is 141 Å². The maximum atomic E-state index is 12.4. The predicted molar refractivity (Wildman–Crippen MR) is 219 cm³/mol. The van der Waals surface area contributed by atoms with Crippen LogP contribution < -0.4 is 5.32 Å². The molecule has 0 saturated carbocycles. The first kappa shape index (κ1) is 49.8. The van der Waals surface area contributed by atoms with Gasteiger partial charge in [-0.15, -0.1) is 0 Å². The Kier molecular flexibility index (Phi) is 39.0. The Hall–Kier alpha value is -1.21. The number of hydrogen-bond donors (Lipinski definition) is 5. The largest absolute Gasteiger partial charge is 0.394 e. The van der Waals surface area contributed by atoms with E-state index in [9.17, 15) is 25.2 Å². The summed E-state index contributed by atoms with van der Waals surface area (Å²) in [6.07, 6.45) is 45.2. The maximum Gasteiger partial charge on any atom is 0.249 e. The Bertz CT molecular complexity index is 772. The van der Waals surface area contributed by atoms with E-state index in [1.54, 1.807) is 0 Å². The summed E-state index contributed by atoms with van der Waals surface area (Å²) in [4.78, 5) is 12.4. The monoisotopic (exact) mass is 722 g/mol. The zero-order chi connectivity index (χ0) is 37.5. The second-order valence-electron chi connectivity index (χ2n) is 15.4. The first-order chi connectivity index (χ1) is 25.0. The minimum absolute atomic E-state index is 0.348. The lowest BCUT2D eigenvalue weighted by Gasteiger charge is -2.27. The van der Waals surface area contributed by atoms with Crippen LogP contribution in [0.25, 0.3) is 0 Å². The molecule has 0 spiro atoms. The van der Waals surface area contributed by atoms with Crippen molar-refractivity contribution in [3.8, 4) is 0 Å². The van der Waals surface area contributed by atoms with Gasteiger partial charge in [-0.3, -0.25) is 4.79 Å². The normalized spacial score (nSPS) is 14.4. The van der Waals surface area contributed by atoms with Crippen LogP contribution in [0.15, 0.2) is 24.3 Å². The predicted octanol–water partition coefficient (Wildman–Crippen LogP) is 11.6. The first-order valence-electron chi connectivity index (χ1n) is 22.2. The lowest BCUT2D eigenvalue weighted by atomic mass is 10.00. The number of carbonyl (C=O) groups excluding carboxylic acids is 1. The summed E-state index contributed by atoms with van der Waals surface area (Å²) < 4.78 is 0. The summed E-state index contributed by atoms with van der Waals surface area (Å²) in [6.45, 7) is 3.99. The molecule has 0 rings (SSSR count). The molecule has 0 heterocycles. The van der Waals surface area contributed by atoms with Gasteiger partial charge in [0.25, 0.3) is 0 Å². The van der Waals surface area contributed by atoms with Gasteiger partial charge in [-0.2, -0.15) is 0 Å². The van der Waals surface area contributed by atoms with Gasteiger partial charge < -0.3 is 25.7 Å². The quantitative estimate of drug-likeness (QED) is 0.0320. The smallest absolute Gasteiger partial charge is 0.249 e. The van der Waals surface area contributed by atoms with Crippen molar-refractivity contribution in [2.24, 2.45) is 0 Å². The van der Waals surface area contributed by atoms with Crippen LogP contribution in [-0.2, 0) is 4.79 Å². The van der Waals surface area contributed by atoms with Gasteiger partial charge in [-0.1, -0.05) is 192 Å². The molecule has 4 atom stereocenters. The summed E-state index contributed by atoms with van der Waals surface area (Å²) in [5.41, 5.74) is 0. The van der Waals surface area contributed by atoms with Gasteiger partial charge in [0.15, 0.2) is 0 Å². The molecule has 0 bridgehead atoms. The molecule has 6 nitrogen and oxygen atoms in total. The second-order valence-corrected chi connectivity index (χ2v) is 15.4. The number of nitrogens with one attached hydrogen (secondary N) is 1. The SMILES string of the molecule is CCCC/C=C\CCCCCCC(O)C(=O)NC(CO)C(O)C(O)CCC/C=C/CCCCCCCCCCCCCCCCCCCCCC. The van der Waals surface area contributed by atoms with E-state index < -0.39 is 36.9 Å². The van der Waals surface area contributed by atoms with Crippen molar-refractivity contribution in [2.75, 3.05) is 6.61 Å². The number of carbonyl (C=O) groups is 1. The van der Waals surface area contributed by atoms with Crippen LogP contribution in [0, 0.1) is 0 Å². The van der Waals surface area contributed by atoms with Crippen molar-refractivity contribution in [3.63, 3.8) is 0 Å². The highest BCUT2D eigenvalue weighted by Crippen LogP contribution is 2.16. The average molecular weight is 722 g/mol. The van der Waals surface area contributed by atoms with Gasteiger partial charge in [0, 0.05) is 0 Å². The van der Waals surface area contributed by atoms with Crippen LogP contribution in [0.2, 0.25) is 0 Å². The Morgan fingerprint density at radius 2 is 0.824 bits per heavy atom. The molecular weight excluding hydrogens is 634 g/mol. The molecule has 0 aliphatic rings. The highest BCUT2D eigenvalue weighted by atomic mass is 16.3. The molecular formula is C45H87NO5. The second kappa shape index (κ2) is 40.0. The first-order valence-corrected chi connectivity index (χ1v) is 22.2. The standard InChI is InChI=1S/C45H87NO5/c1-3-5-7-9-11-13-15-16-17-18-19-20-21-22-23-24-25-26-27-28-29-31-32-34-36-38-42(48)44(50)41(40-47)46-45(51)43(49)39-37-35-33-30-14-12-10-8-6-4-2/h10,12,31-32,41-44,47-50H,3-9,11,13-30,33-40H2,1-2H3,(H,46,51)/b12-10-,32-31+. The minimum Gasteiger partial charge on any atom is -0.394 e. The van der Waals surface area contributed by atoms with E-state index in [0.717, 1.165) is 57.8 Å². The zero-order valence-corrected chi connectivity index (χ0v) is 33.9. The summed E-state index contributed by atoms with van der Waals surface area (Å²) in [6, 6.07) is -1.00. The van der Waals surface area contributed by atoms with Crippen LogP contribution in [-0.4, -0.2) is 57.3 Å². The lowest BCUT2D eigenvalue weighted by molar-refractivity contribution is -0.132. The lowest BCUT2D eigenvalue weighted by Crippen LogP contribution is -2.53. The van der Waals surface area contributed by atoms with Crippen LogP contribution in [0.5, 0.6) is 0 Å². The zero-order valence-electron chi connectivity index (χ0n) is 33.9. The third-order valence-corrected chi connectivity index (χ3v) is 10.4. The average Bonchev–Trinajstić information content (AvgIpc) is 3.13. The molecule has 0 radical (unpaired) electrons. The van der Waals surface area contributed by atoms with Gasteiger partial charge in [0.1, 0.15) is 12.2 Å². The van der Waals surface area contributed by atoms with Gasteiger partial charge in [0.2, 0.25) is 5.91 Å². The van der Waals surface area contributed by atoms with Crippen molar-refractivity contribution in [2.45, 2.75) is 250 Å². The fourth-order valence-electron chi connectivity index (χ4n) is 6.80. The molecule has 0 saturated heterocycles. The summed E-state index contributed by atoms with van der Waals surface area (Å²) in [7, 11) is 0. The summed E-state index contributed by atoms with van der Waals surface area (Å²) >= 11 is 0. The van der Waals surface area contributed by atoms with Gasteiger partial charge >= 0.3 is 0 Å². The highest BCUT2D eigenvalue weighted by Gasteiger charge is 2.28. The van der Waals surface area contributed by atoms with E-state index in [0.29, 0.717) is 12.8 Å². The van der Waals surface area contributed by atoms with Crippen molar-refractivity contribution < 1.29 is 25.2 Å². The number of amides is 1. The molecule has 0 aliphatic heterocycles. The molecule has 0 aromatic heterocycles. The van der Waals surface area contributed by atoms with Crippen molar-refractivity contribution in [3.05, 3.63) is 24.3 Å². The fraction of sp³-hybridized carbons (Fsp3) is 0.889. The maximum absolute atomic E-state index is 12.4. The molecule has 5 N–H and O–H groups in total. The molecule has 0 fully saturated rings. The van der Waals surface area contributed by atoms with E-state index in [1.807, 2.05) is 0 Å². The molecule has 0 aromatic rings. The molecule has 302 valence electrons. The molecule has 6 heteroatoms. The number of aliphatic hydroxyl groups excluding tert-OH is 4. The Labute approximate surface area is 316 Å². The summed E-state index contributed by atoms with van der Waals surface area (Å²) in [5, 5.41) is 43.5. The van der Waals surface area contributed by atoms with Crippen molar-refractivity contribution in [1.29, 1.82) is 0 Å².